The van der Waals surface area contributed by atoms with Crippen LogP contribution >= 0.6 is 0 Å². The van der Waals surface area contributed by atoms with Crippen molar-refractivity contribution in [3.05, 3.63) is 88.0 Å². The molecular formula is C28H30N6O18. The molecule has 0 fully saturated rings. The zero-order valence-electron chi connectivity index (χ0n) is 27.6. The Kier molecular flexibility index (Phi) is 16.8. The van der Waals surface area contributed by atoms with Crippen LogP contribution in [0.25, 0.3) is 0 Å². The molecule has 0 spiro atoms. The van der Waals surface area contributed by atoms with Crippen LogP contribution in [0, 0.1) is 40.5 Å². The first-order chi connectivity index (χ1) is 24.4. The van der Waals surface area contributed by atoms with Crippen LogP contribution in [0.2, 0.25) is 0 Å². The third kappa shape index (κ3) is 13.4. The highest BCUT2D eigenvalue weighted by molar-refractivity contribution is 5.98. The number of nitrogens with one attached hydrogen (secondary N) is 2. The Bertz CT molecular complexity index is 1560. The number of rotatable bonds is 16. The van der Waals surface area contributed by atoms with E-state index >= 15 is 0 Å². The summed E-state index contributed by atoms with van der Waals surface area (Å²) in [6, 6.07) is 2.23. The van der Waals surface area contributed by atoms with Gasteiger partial charge in [-0.05, 0) is 12.8 Å². The Morgan fingerprint density at radius 2 is 0.788 bits per heavy atom. The van der Waals surface area contributed by atoms with Crippen molar-refractivity contribution in [2.45, 2.75) is 37.8 Å². The van der Waals surface area contributed by atoms with E-state index in [-0.39, 0.29) is 25.7 Å². The molecule has 0 saturated heterocycles. The van der Waals surface area contributed by atoms with E-state index in [1.807, 2.05) is 0 Å². The van der Waals surface area contributed by atoms with Crippen LogP contribution in [0.1, 0.15) is 46.4 Å². The molecule has 280 valence electrons. The van der Waals surface area contributed by atoms with E-state index in [0.29, 0.717) is 12.1 Å². The van der Waals surface area contributed by atoms with Gasteiger partial charge in [-0.15, -0.1) is 0 Å². The van der Waals surface area contributed by atoms with Crippen molar-refractivity contribution in [3.63, 3.8) is 0 Å². The van der Waals surface area contributed by atoms with Crippen LogP contribution in [-0.4, -0.2) is 95.9 Å². The molecule has 2 aromatic rings. The van der Waals surface area contributed by atoms with E-state index in [9.17, 15) is 69.2 Å². The van der Waals surface area contributed by atoms with Crippen molar-refractivity contribution in [2.75, 3.05) is 28.4 Å². The largest absolute Gasteiger partial charge is 0.469 e. The lowest BCUT2D eigenvalue weighted by Gasteiger charge is -2.16. The molecule has 2 rings (SSSR count). The van der Waals surface area contributed by atoms with Crippen molar-refractivity contribution in [1.29, 1.82) is 0 Å². The topological polar surface area (TPSA) is 336 Å². The Hall–Kier alpha value is -7.14. The lowest BCUT2D eigenvalue weighted by molar-refractivity contribution is -0.394. The summed E-state index contributed by atoms with van der Waals surface area (Å²) >= 11 is 0. The molecule has 2 N–H and O–H groups in total. The van der Waals surface area contributed by atoms with Crippen LogP contribution in [0.5, 0.6) is 0 Å². The Labute approximate surface area is 290 Å². The quantitative estimate of drug-likeness (QED) is 0.106. The van der Waals surface area contributed by atoms with E-state index in [1.54, 1.807) is 0 Å². The molecule has 0 bridgehead atoms. The second kappa shape index (κ2) is 20.4. The van der Waals surface area contributed by atoms with E-state index in [1.165, 1.54) is 0 Å². The molecule has 0 unspecified atom stereocenters. The van der Waals surface area contributed by atoms with E-state index in [0.717, 1.165) is 52.7 Å². The molecule has 24 nitrogen and oxygen atoms in total. The molecule has 2 atom stereocenters. The highest BCUT2D eigenvalue weighted by atomic mass is 16.6. The van der Waals surface area contributed by atoms with Gasteiger partial charge in [-0.25, -0.2) is 9.59 Å². The van der Waals surface area contributed by atoms with Gasteiger partial charge >= 0.3 is 23.9 Å². The summed E-state index contributed by atoms with van der Waals surface area (Å²) in [6.07, 6.45) is -0.707. The Balaban J connectivity index is 0.000000520. The number of non-ortho nitro benzene ring substituents is 4. The van der Waals surface area contributed by atoms with Gasteiger partial charge in [0.05, 0.1) is 71.4 Å². The van der Waals surface area contributed by atoms with Crippen molar-refractivity contribution < 1.29 is 67.4 Å². The standard InChI is InChI=1S/2C14H15N3O9/c2*1-25-12(18)4-3-11(14(20)26-2)15-13(19)8-5-9(16(21)22)7-10(6-8)17(23)24/h2*5-7,11H,3-4H2,1-2H3,(H,15,19)/t2*11-/m00/s1. The molecule has 0 aromatic heterocycles. The number of carbonyl (C=O) groups excluding carboxylic acids is 6. The van der Waals surface area contributed by atoms with Gasteiger partial charge in [-0.1, -0.05) is 0 Å². The molecule has 0 saturated carbocycles. The molecule has 0 aliphatic carbocycles. The number of nitro benzene ring substituents is 4. The third-order valence-corrected chi connectivity index (χ3v) is 6.48. The number of esters is 4. The maximum atomic E-state index is 12.3. The first kappa shape index (κ1) is 42.9. The van der Waals surface area contributed by atoms with Gasteiger partial charge in [0.1, 0.15) is 12.1 Å². The molecule has 0 aliphatic heterocycles. The number of amides is 2. The first-order valence-electron chi connectivity index (χ1n) is 14.2. The summed E-state index contributed by atoms with van der Waals surface area (Å²) in [5.74, 6) is -4.92. The number of nitro groups is 4. The van der Waals surface area contributed by atoms with E-state index in [2.05, 4.69) is 29.6 Å². The van der Waals surface area contributed by atoms with Gasteiger partial charge in [-0.3, -0.25) is 59.6 Å². The summed E-state index contributed by atoms with van der Waals surface area (Å²) in [5.41, 5.74) is -3.42. The second-order valence-electron chi connectivity index (χ2n) is 9.83. The summed E-state index contributed by atoms with van der Waals surface area (Å²) in [4.78, 5) is 110. The van der Waals surface area contributed by atoms with Gasteiger partial charge < -0.3 is 29.6 Å². The van der Waals surface area contributed by atoms with Gasteiger partial charge in [0.15, 0.2) is 0 Å². The summed E-state index contributed by atoms with van der Waals surface area (Å²) in [6.45, 7) is 0. The van der Waals surface area contributed by atoms with E-state index < -0.39 is 101 Å². The van der Waals surface area contributed by atoms with Crippen LogP contribution in [-0.2, 0) is 38.1 Å². The van der Waals surface area contributed by atoms with Crippen LogP contribution in [0.3, 0.4) is 0 Å². The predicted molar refractivity (Wildman–Crippen MR) is 169 cm³/mol. The summed E-state index contributed by atoms with van der Waals surface area (Å²) < 4.78 is 17.9. The van der Waals surface area contributed by atoms with Crippen LogP contribution in [0.4, 0.5) is 22.7 Å². The Morgan fingerprint density at radius 3 is 1.00 bits per heavy atom. The summed E-state index contributed by atoms with van der Waals surface area (Å²) in [7, 11) is 4.43. The molecule has 0 aliphatic rings. The van der Waals surface area contributed by atoms with Crippen molar-refractivity contribution in [3.8, 4) is 0 Å². The molecule has 2 amide bonds. The molecule has 2 aromatic carbocycles. The number of carbonyl (C=O) groups is 6. The van der Waals surface area contributed by atoms with Crippen molar-refractivity contribution in [1.82, 2.24) is 10.6 Å². The van der Waals surface area contributed by atoms with Crippen LogP contribution in [0.15, 0.2) is 36.4 Å². The smallest absolute Gasteiger partial charge is 0.328 e. The fraction of sp³-hybridized carbons (Fsp3) is 0.357. The van der Waals surface area contributed by atoms with E-state index in [4.69, 9.17) is 0 Å². The maximum absolute atomic E-state index is 12.3. The predicted octanol–water partition coefficient (Wildman–Crippen LogP) is 1.46. The zero-order valence-corrected chi connectivity index (χ0v) is 27.6. The fourth-order valence-electron chi connectivity index (χ4n) is 3.87. The average Bonchev–Trinajstić information content (AvgIpc) is 3.13. The number of benzene rings is 2. The number of ether oxygens (including phenoxy) is 4. The van der Waals surface area contributed by atoms with Gasteiger partial charge in [-0.2, -0.15) is 0 Å². The molecule has 0 radical (unpaired) electrons. The lowest BCUT2D eigenvalue weighted by atomic mass is 10.1. The number of nitrogens with zero attached hydrogens (tertiary/aromatic N) is 4. The SMILES string of the molecule is COC(=O)CC[C@H](NC(=O)c1cc([N+](=O)[O-])cc([N+](=O)[O-])c1)C(=O)OC.COC(=O)CC[C@H](NC(=O)c1cc([N+](=O)[O-])cc([N+](=O)[O-])c1)C(=O)OC. The van der Waals surface area contributed by atoms with Gasteiger partial charge in [0.25, 0.3) is 34.6 Å². The highest BCUT2D eigenvalue weighted by Crippen LogP contribution is 2.24. The van der Waals surface area contributed by atoms with Crippen molar-refractivity contribution in [2.24, 2.45) is 0 Å². The summed E-state index contributed by atoms with van der Waals surface area (Å²) in [5, 5.41) is 47.9. The monoisotopic (exact) mass is 738 g/mol. The molecule has 24 heteroatoms. The minimum atomic E-state index is -1.25. The number of methoxy groups -OCH3 is 4. The second-order valence-corrected chi connectivity index (χ2v) is 9.83. The minimum Gasteiger partial charge on any atom is -0.469 e. The third-order valence-electron chi connectivity index (χ3n) is 6.48. The minimum absolute atomic E-state index is 0.151. The van der Waals surface area contributed by atoms with Crippen LogP contribution < -0.4 is 10.6 Å². The first-order valence-corrected chi connectivity index (χ1v) is 14.2. The molecular weight excluding hydrogens is 708 g/mol. The van der Waals surface area contributed by atoms with Gasteiger partial charge in [0, 0.05) is 37.1 Å². The molecule has 52 heavy (non-hydrogen) atoms. The fourth-order valence-corrected chi connectivity index (χ4v) is 3.87. The van der Waals surface area contributed by atoms with Crippen molar-refractivity contribution >= 4 is 58.4 Å². The highest BCUT2D eigenvalue weighted by Gasteiger charge is 2.27. The maximum Gasteiger partial charge on any atom is 0.328 e. The Morgan fingerprint density at radius 1 is 0.519 bits per heavy atom. The number of hydrogen-bond donors (Lipinski definition) is 2. The average molecular weight is 739 g/mol. The lowest BCUT2D eigenvalue weighted by Crippen LogP contribution is -2.41. The zero-order chi connectivity index (χ0) is 39.7. The molecule has 0 heterocycles. The van der Waals surface area contributed by atoms with Gasteiger partial charge in [0.2, 0.25) is 0 Å². The number of hydrogen-bond acceptors (Lipinski definition) is 18. The normalized spacial score (nSPS) is 11.2.